The molecule has 1 aliphatic heterocycles. The van der Waals surface area contributed by atoms with Crippen LogP contribution in [-0.4, -0.2) is 35.9 Å². The van der Waals surface area contributed by atoms with Crippen LogP contribution in [0.3, 0.4) is 0 Å². The first kappa shape index (κ1) is 13.8. The minimum Gasteiger partial charge on any atom is -0.384 e. The van der Waals surface area contributed by atoms with Crippen LogP contribution in [0.2, 0.25) is 0 Å². The topological polar surface area (TPSA) is 98.0 Å². The number of benzene rings is 1. The van der Waals surface area contributed by atoms with Crippen LogP contribution in [0, 0.1) is 0 Å². The number of sulfone groups is 1. The van der Waals surface area contributed by atoms with Crippen LogP contribution in [0.5, 0.6) is 0 Å². The first-order valence-corrected chi connectivity index (χ1v) is 8.51. The van der Waals surface area contributed by atoms with E-state index in [-0.39, 0.29) is 17.5 Å². The maximum absolute atomic E-state index is 11.5. The van der Waals surface area contributed by atoms with Crippen LogP contribution < -0.4 is 11.1 Å². The van der Waals surface area contributed by atoms with Gasteiger partial charge in [0.15, 0.2) is 15.7 Å². The predicted octanol–water partition coefficient (Wildman–Crippen LogP) is 1.32. The SMILES string of the molecule is Nc1cc(NC2CCS(=O)(=O)C2)nc(-c2ccccc2)n1. The molecule has 110 valence electrons. The summed E-state index contributed by atoms with van der Waals surface area (Å²) < 4.78 is 23.0. The zero-order valence-electron chi connectivity index (χ0n) is 11.4. The number of rotatable bonds is 3. The van der Waals surface area contributed by atoms with Gasteiger partial charge in [-0.3, -0.25) is 0 Å². The second-order valence-electron chi connectivity index (χ2n) is 5.11. The predicted molar refractivity (Wildman–Crippen MR) is 82.6 cm³/mol. The Morgan fingerprint density at radius 3 is 2.62 bits per heavy atom. The molecule has 0 saturated carbocycles. The summed E-state index contributed by atoms with van der Waals surface area (Å²) >= 11 is 0. The van der Waals surface area contributed by atoms with Gasteiger partial charge in [-0.2, -0.15) is 0 Å². The molecule has 0 bridgehead atoms. The highest BCUT2D eigenvalue weighted by atomic mass is 32.2. The van der Waals surface area contributed by atoms with Crippen LogP contribution in [0.1, 0.15) is 6.42 Å². The molecule has 1 aromatic heterocycles. The summed E-state index contributed by atoms with van der Waals surface area (Å²) in [7, 11) is -2.93. The first-order chi connectivity index (χ1) is 10.0. The molecule has 0 spiro atoms. The number of nitrogens with zero attached hydrogens (tertiary/aromatic N) is 2. The molecule has 3 N–H and O–H groups in total. The molecule has 1 fully saturated rings. The van der Waals surface area contributed by atoms with Crippen molar-refractivity contribution in [1.29, 1.82) is 0 Å². The van der Waals surface area contributed by atoms with E-state index in [2.05, 4.69) is 15.3 Å². The van der Waals surface area contributed by atoms with Gasteiger partial charge in [0.2, 0.25) is 0 Å². The van der Waals surface area contributed by atoms with Gasteiger partial charge in [0.1, 0.15) is 11.6 Å². The smallest absolute Gasteiger partial charge is 0.163 e. The lowest BCUT2D eigenvalue weighted by atomic mass is 10.2. The monoisotopic (exact) mass is 304 g/mol. The minimum atomic E-state index is -2.93. The molecule has 6 nitrogen and oxygen atoms in total. The standard InChI is InChI=1S/C14H16N4O2S/c15-12-8-13(16-11-6-7-21(19,20)9-11)18-14(17-12)10-4-2-1-3-5-10/h1-5,8,11H,6-7,9H2,(H3,15,16,17,18). The van der Waals surface area contributed by atoms with E-state index >= 15 is 0 Å². The molecule has 1 atom stereocenters. The van der Waals surface area contributed by atoms with Crippen molar-refractivity contribution in [1.82, 2.24) is 9.97 Å². The van der Waals surface area contributed by atoms with Gasteiger partial charge in [0.05, 0.1) is 11.5 Å². The lowest BCUT2D eigenvalue weighted by Gasteiger charge is -2.13. The van der Waals surface area contributed by atoms with Crippen molar-refractivity contribution in [2.45, 2.75) is 12.5 Å². The Labute approximate surface area is 123 Å². The maximum atomic E-state index is 11.5. The van der Waals surface area contributed by atoms with Crippen molar-refractivity contribution in [3.63, 3.8) is 0 Å². The van der Waals surface area contributed by atoms with Crippen molar-refractivity contribution < 1.29 is 8.42 Å². The number of nitrogens with one attached hydrogen (secondary N) is 1. The Balaban J connectivity index is 1.85. The number of nitrogens with two attached hydrogens (primary N) is 1. The second-order valence-corrected chi connectivity index (χ2v) is 7.34. The third kappa shape index (κ3) is 3.30. The molecule has 2 aromatic rings. The molecule has 0 radical (unpaired) electrons. The second kappa shape index (κ2) is 5.33. The van der Waals surface area contributed by atoms with Crippen molar-refractivity contribution in [2.24, 2.45) is 0 Å². The van der Waals surface area contributed by atoms with Crippen LogP contribution in [0.15, 0.2) is 36.4 Å². The molecule has 2 heterocycles. The van der Waals surface area contributed by atoms with E-state index in [0.717, 1.165) is 5.56 Å². The lowest BCUT2D eigenvalue weighted by molar-refractivity contribution is 0.602. The highest BCUT2D eigenvalue weighted by Gasteiger charge is 2.28. The zero-order chi connectivity index (χ0) is 14.9. The highest BCUT2D eigenvalue weighted by molar-refractivity contribution is 7.91. The third-order valence-electron chi connectivity index (χ3n) is 3.36. The third-order valence-corrected chi connectivity index (χ3v) is 5.13. The Morgan fingerprint density at radius 2 is 1.95 bits per heavy atom. The Kier molecular flexibility index (Phi) is 3.50. The van der Waals surface area contributed by atoms with Crippen LogP contribution in [0.4, 0.5) is 11.6 Å². The van der Waals surface area contributed by atoms with Gasteiger partial charge < -0.3 is 11.1 Å². The fourth-order valence-electron chi connectivity index (χ4n) is 2.37. The van der Waals surface area contributed by atoms with Crippen LogP contribution in [0.25, 0.3) is 11.4 Å². The summed E-state index contributed by atoms with van der Waals surface area (Å²) in [5.74, 6) is 1.79. The highest BCUT2D eigenvalue weighted by Crippen LogP contribution is 2.21. The number of anilines is 2. The van der Waals surface area contributed by atoms with Gasteiger partial charge in [-0.05, 0) is 6.42 Å². The zero-order valence-corrected chi connectivity index (χ0v) is 12.2. The minimum absolute atomic E-state index is 0.118. The van der Waals surface area contributed by atoms with E-state index in [9.17, 15) is 8.42 Å². The van der Waals surface area contributed by atoms with E-state index in [1.807, 2.05) is 30.3 Å². The quantitative estimate of drug-likeness (QED) is 0.887. The van der Waals surface area contributed by atoms with E-state index in [1.165, 1.54) is 0 Å². The number of hydrogen-bond acceptors (Lipinski definition) is 6. The average Bonchev–Trinajstić information content (AvgIpc) is 2.78. The molecular weight excluding hydrogens is 288 g/mol. The summed E-state index contributed by atoms with van der Waals surface area (Å²) in [6.07, 6.45) is 0.590. The first-order valence-electron chi connectivity index (χ1n) is 6.69. The summed E-state index contributed by atoms with van der Waals surface area (Å²) in [5.41, 5.74) is 6.68. The Morgan fingerprint density at radius 1 is 1.19 bits per heavy atom. The van der Waals surface area contributed by atoms with Gasteiger partial charge in [-0.15, -0.1) is 0 Å². The van der Waals surface area contributed by atoms with E-state index in [1.54, 1.807) is 6.07 Å². The molecule has 0 amide bonds. The molecular formula is C14H16N4O2S. The molecule has 7 heteroatoms. The van der Waals surface area contributed by atoms with Gasteiger partial charge in [-0.1, -0.05) is 30.3 Å². The van der Waals surface area contributed by atoms with Crippen molar-refractivity contribution >= 4 is 21.5 Å². The number of hydrogen-bond donors (Lipinski definition) is 2. The van der Waals surface area contributed by atoms with Gasteiger partial charge in [-0.25, -0.2) is 18.4 Å². The molecule has 3 rings (SSSR count). The summed E-state index contributed by atoms with van der Waals surface area (Å²) in [6, 6.07) is 11.0. The van der Waals surface area contributed by atoms with Crippen molar-refractivity contribution in [3.05, 3.63) is 36.4 Å². The molecule has 1 saturated heterocycles. The fourth-order valence-corrected chi connectivity index (χ4v) is 4.05. The average molecular weight is 304 g/mol. The molecule has 1 unspecified atom stereocenters. The summed E-state index contributed by atoms with van der Waals surface area (Å²) in [6.45, 7) is 0. The maximum Gasteiger partial charge on any atom is 0.163 e. The summed E-state index contributed by atoms with van der Waals surface area (Å²) in [5, 5.41) is 3.14. The van der Waals surface area contributed by atoms with Gasteiger partial charge in [0.25, 0.3) is 0 Å². The van der Waals surface area contributed by atoms with Gasteiger partial charge in [0, 0.05) is 17.7 Å². The Hall–Kier alpha value is -2.15. The summed E-state index contributed by atoms with van der Waals surface area (Å²) in [4.78, 5) is 8.63. The largest absolute Gasteiger partial charge is 0.384 e. The molecule has 1 aromatic carbocycles. The van der Waals surface area contributed by atoms with Crippen LogP contribution in [-0.2, 0) is 9.84 Å². The Bertz CT molecular complexity index is 747. The van der Waals surface area contributed by atoms with E-state index in [4.69, 9.17) is 5.73 Å². The number of aromatic nitrogens is 2. The normalized spacial score (nSPS) is 20.3. The van der Waals surface area contributed by atoms with Crippen LogP contribution >= 0.6 is 0 Å². The molecule has 1 aliphatic rings. The van der Waals surface area contributed by atoms with E-state index < -0.39 is 9.84 Å². The van der Waals surface area contributed by atoms with Crippen molar-refractivity contribution in [3.8, 4) is 11.4 Å². The fraction of sp³-hybridized carbons (Fsp3) is 0.286. The molecule has 21 heavy (non-hydrogen) atoms. The molecule has 0 aliphatic carbocycles. The number of nitrogen functional groups attached to an aromatic ring is 1. The van der Waals surface area contributed by atoms with E-state index in [0.29, 0.717) is 23.9 Å². The van der Waals surface area contributed by atoms with Crippen molar-refractivity contribution in [2.75, 3.05) is 22.6 Å². The van der Waals surface area contributed by atoms with Gasteiger partial charge >= 0.3 is 0 Å². The lowest BCUT2D eigenvalue weighted by Crippen LogP contribution is -2.21.